The minimum Gasteiger partial charge on any atom is -0.491 e. The van der Waals surface area contributed by atoms with Gasteiger partial charge in [-0.3, -0.25) is 0 Å². The van der Waals surface area contributed by atoms with Crippen LogP contribution in [0.25, 0.3) is 17.2 Å². The van der Waals surface area contributed by atoms with Gasteiger partial charge in [-0.1, -0.05) is 38.5 Å². The fraction of sp³-hybridized carbons (Fsp3) is 0.500. The zero-order valence-corrected chi connectivity index (χ0v) is 21.8. The van der Waals surface area contributed by atoms with E-state index in [4.69, 9.17) is 14.2 Å². The smallest absolute Gasteiger partial charge is 0.333 e. The van der Waals surface area contributed by atoms with Crippen LogP contribution in [0.1, 0.15) is 58.9 Å². The first-order valence-electron chi connectivity index (χ1n) is 13.1. The monoisotopic (exact) mass is 479 g/mol. The standard InChI is InChI=1S/C30H41NO4/c1-5-7-18-33-19-20-35-28-11-8-25(9-12-28)26-10-13-29(31-16-14-23(3)15-17-31)27(22-26)21-24(4)30(32)34-6-2/h8-13,21-23H,5-7,14-20H2,1-4H3/b24-21+. The molecule has 1 heterocycles. The molecule has 3 rings (SSSR count). The molecule has 190 valence electrons. The topological polar surface area (TPSA) is 48.0 Å². The number of nitrogens with zero attached hydrogens (tertiary/aromatic N) is 1. The number of ether oxygens (including phenoxy) is 3. The van der Waals surface area contributed by atoms with Gasteiger partial charge in [-0.2, -0.15) is 0 Å². The summed E-state index contributed by atoms with van der Waals surface area (Å²) < 4.78 is 16.6. The van der Waals surface area contributed by atoms with Gasteiger partial charge in [0.1, 0.15) is 12.4 Å². The Bertz CT molecular complexity index is 959. The van der Waals surface area contributed by atoms with Gasteiger partial charge in [0.15, 0.2) is 0 Å². The molecule has 1 saturated heterocycles. The van der Waals surface area contributed by atoms with E-state index in [-0.39, 0.29) is 5.97 Å². The van der Waals surface area contributed by atoms with Crippen molar-refractivity contribution in [2.24, 2.45) is 5.92 Å². The minimum atomic E-state index is -0.267. The van der Waals surface area contributed by atoms with Crippen molar-refractivity contribution in [3.05, 3.63) is 53.6 Å². The third-order valence-electron chi connectivity index (χ3n) is 6.45. The van der Waals surface area contributed by atoms with Gasteiger partial charge in [0.05, 0.1) is 13.2 Å². The molecule has 0 spiro atoms. The number of hydrogen-bond donors (Lipinski definition) is 0. The molecule has 5 nitrogen and oxygen atoms in total. The molecule has 1 fully saturated rings. The van der Waals surface area contributed by atoms with Gasteiger partial charge < -0.3 is 19.1 Å². The third kappa shape index (κ3) is 8.14. The maximum Gasteiger partial charge on any atom is 0.333 e. The largest absolute Gasteiger partial charge is 0.491 e. The van der Waals surface area contributed by atoms with E-state index in [0.717, 1.165) is 60.9 Å². The molecule has 0 atom stereocenters. The second-order valence-electron chi connectivity index (χ2n) is 9.33. The Balaban J connectivity index is 1.77. The summed E-state index contributed by atoms with van der Waals surface area (Å²) in [6, 6.07) is 14.7. The summed E-state index contributed by atoms with van der Waals surface area (Å²) in [4.78, 5) is 14.7. The Hall–Kier alpha value is -2.79. The lowest BCUT2D eigenvalue weighted by molar-refractivity contribution is -0.138. The molecule has 1 aliphatic rings. The maximum absolute atomic E-state index is 12.3. The molecule has 2 aromatic carbocycles. The highest BCUT2D eigenvalue weighted by Gasteiger charge is 2.19. The molecule has 0 N–H and O–H groups in total. The van der Waals surface area contributed by atoms with Crippen LogP contribution in [0, 0.1) is 5.92 Å². The summed E-state index contributed by atoms with van der Waals surface area (Å²) in [7, 11) is 0. The van der Waals surface area contributed by atoms with E-state index in [1.54, 1.807) is 0 Å². The molecule has 5 heteroatoms. The highest BCUT2D eigenvalue weighted by atomic mass is 16.5. The van der Waals surface area contributed by atoms with E-state index in [0.29, 0.717) is 25.4 Å². The Morgan fingerprint density at radius 3 is 2.40 bits per heavy atom. The van der Waals surface area contributed by atoms with Gasteiger partial charge in [-0.25, -0.2) is 4.79 Å². The Kier molecular flexibility index (Phi) is 10.7. The summed E-state index contributed by atoms with van der Waals surface area (Å²) in [6.45, 7) is 12.5. The summed E-state index contributed by atoms with van der Waals surface area (Å²) in [5, 5.41) is 0. The van der Waals surface area contributed by atoms with Crippen molar-refractivity contribution >= 4 is 17.7 Å². The maximum atomic E-state index is 12.3. The van der Waals surface area contributed by atoms with Crippen molar-refractivity contribution in [3.63, 3.8) is 0 Å². The van der Waals surface area contributed by atoms with E-state index in [1.165, 1.54) is 18.5 Å². The SMILES string of the molecule is CCCCOCCOc1ccc(-c2ccc(N3CCC(C)CC3)c(/C=C(\C)C(=O)OCC)c2)cc1. The molecular weight excluding hydrogens is 438 g/mol. The fourth-order valence-corrected chi connectivity index (χ4v) is 4.23. The number of carbonyl (C=O) groups excluding carboxylic acids is 1. The van der Waals surface area contributed by atoms with E-state index in [1.807, 2.05) is 32.1 Å². The average molecular weight is 480 g/mol. The number of unbranched alkanes of at least 4 members (excludes halogenated alkanes) is 1. The minimum absolute atomic E-state index is 0.267. The van der Waals surface area contributed by atoms with Crippen molar-refractivity contribution in [3.8, 4) is 16.9 Å². The Morgan fingerprint density at radius 1 is 1.00 bits per heavy atom. The summed E-state index contributed by atoms with van der Waals surface area (Å²) in [6.07, 6.45) is 6.56. The highest BCUT2D eigenvalue weighted by Crippen LogP contribution is 2.32. The van der Waals surface area contributed by atoms with Gasteiger partial charge in [0.25, 0.3) is 0 Å². The number of piperidine rings is 1. The number of carbonyl (C=O) groups is 1. The molecule has 35 heavy (non-hydrogen) atoms. The van der Waals surface area contributed by atoms with E-state index in [2.05, 4.69) is 49.1 Å². The van der Waals surface area contributed by atoms with Crippen LogP contribution in [-0.2, 0) is 14.3 Å². The lowest BCUT2D eigenvalue weighted by atomic mass is 9.96. The molecule has 1 aliphatic heterocycles. The molecule has 0 radical (unpaired) electrons. The van der Waals surface area contributed by atoms with Crippen molar-refractivity contribution in [1.82, 2.24) is 0 Å². The predicted molar refractivity (Wildman–Crippen MR) is 144 cm³/mol. The van der Waals surface area contributed by atoms with Crippen molar-refractivity contribution in [2.75, 3.05) is 44.4 Å². The summed E-state index contributed by atoms with van der Waals surface area (Å²) in [5.74, 6) is 1.33. The number of anilines is 1. The first kappa shape index (κ1) is 26.8. The summed E-state index contributed by atoms with van der Waals surface area (Å²) >= 11 is 0. The first-order valence-corrected chi connectivity index (χ1v) is 13.1. The summed E-state index contributed by atoms with van der Waals surface area (Å²) in [5.41, 5.74) is 5.05. The molecule has 0 unspecified atom stereocenters. The zero-order valence-electron chi connectivity index (χ0n) is 21.8. The number of hydrogen-bond acceptors (Lipinski definition) is 5. The molecule has 0 aromatic heterocycles. The Morgan fingerprint density at radius 2 is 1.71 bits per heavy atom. The Labute approximate surface area is 211 Å². The zero-order chi connectivity index (χ0) is 25.0. The lowest BCUT2D eigenvalue weighted by Gasteiger charge is -2.33. The van der Waals surface area contributed by atoms with Crippen LogP contribution in [0.5, 0.6) is 5.75 Å². The first-order chi connectivity index (χ1) is 17.0. The second-order valence-corrected chi connectivity index (χ2v) is 9.33. The molecule has 0 saturated carbocycles. The van der Waals surface area contributed by atoms with Crippen molar-refractivity contribution in [2.45, 2.75) is 53.4 Å². The number of esters is 1. The van der Waals surface area contributed by atoms with Crippen LogP contribution >= 0.6 is 0 Å². The van der Waals surface area contributed by atoms with Crippen LogP contribution in [0.3, 0.4) is 0 Å². The molecule has 0 bridgehead atoms. The molecule has 0 aliphatic carbocycles. The molecule has 0 amide bonds. The average Bonchev–Trinajstić information content (AvgIpc) is 2.87. The lowest BCUT2D eigenvalue weighted by Crippen LogP contribution is -2.33. The quantitative estimate of drug-likeness (QED) is 0.191. The van der Waals surface area contributed by atoms with Crippen LogP contribution in [0.2, 0.25) is 0 Å². The van der Waals surface area contributed by atoms with Gasteiger partial charge in [0, 0.05) is 31.0 Å². The molecular formula is C30H41NO4. The van der Waals surface area contributed by atoms with Crippen LogP contribution in [0.15, 0.2) is 48.0 Å². The van der Waals surface area contributed by atoms with Crippen LogP contribution in [0.4, 0.5) is 5.69 Å². The van der Waals surface area contributed by atoms with Crippen LogP contribution < -0.4 is 9.64 Å². The third-order valence-corrected chi connectivity index (χ3v) is 6.45. The van der Waals surface area contributed by atoms with Crippen LogP contribution in [-0.4, -0.2) is 45.5 Å². The van der Waals surface area contributed by atoms with Crippen molar-refractivity contribution in [1.29, 1.82) is 0 Å². The van der Waals surface area contributed by atoms with E-state index >= 15 is 0 Å². The fourth-order valence-electron chi connectivity index (χ4n) is 4.23. The normalized spacial score (nSPS) is 14.7. The second kappa shape index (κ2) is 13.9. The van der Waals surface area contributed by atoms with E-state index in [9.17, 15) is 4.79 Å². The van der Waals surface area contributed by atoms with E-state index < -0.39 is 0 Å². The number of benzene rings is 2. The van der Waals surface area contributed by atoms with Gasteiger partial charge in [-0.15, -0.1) is 0 Å². The highest BCUT2D eigenvalue weighted by molar-refractivity contribution is 5.94. The number of rotatable bonds is 12. The van der Waals surface area contributed by atoms with Gasteiger partial charge >= 0.3 is 5.97 Å². The van der Waals surface area contributed by atoms with Gasteiger partial charge in [-0.05, 0) is 86.1 Å². The van der Waals surface area contributed by atoms with Gasteiger partial charge in [0.2, 0.25) is 0 Å². The molecule has 2 aromatic rings. The van der Waals surface area contributed by atoms with Crippen molar-refractivity contribution < 1.29 is 19.0 Å². The predicted octanol–water partition coefficient (Wildman–Crippen LogP) is 6.75.